The predicted octanol–water partition coefficient (Wildman–Crippen LogP) is -2.88. The van der Waals surface area contributed by atoms with Crippen molar-refractivity contribution in [2.75, 3.05) is 0 Å². The third kappa shape index (κ3) is 61.9. The van der Waals surface area contributed by atoms with Crippen LogP contribution in [-0.2, 0) is 0 Å². The van der Waals surface area contributed by atoms with E-state index in [1.54, 1.807) is 0 Å². The smallest absolute Gasteiger partial charge is 0.412 e. The van der Waals surface area contributed by atoms with Crippen molar-refractivity contribution < 1.29 is 60.5 Å². The van der Waals surface area contributed by atoms with Crippen LogP contribution in [0.4, 0.5) is 0 Å². The third-order valence-electron chi connectivity index (χ3n) is 0. The van der Waals surface area contributed by atoms with E-state index in [0.29, 0.717) is 0 Å². The van der Waals surface area contributed by atoms with Gasteiger partial charge in [0.2, 0.25) is 0 Å². The van der Waals surface area contributed by atoms with Gasteiger partial charge in [-0.25, -0.2) is 0 Å². The van der Waals surface area contributed by atoms with Crippen LogP contribution in [0.15, 0.2) is 0 Å². The van der Waals surface area contributed by atoms with Crippen LogP contribution in [0, 0.1) is 39.9 Å². The molecule has 0 saturated carbocycles. The molecule has 0 amide bonds. The molecule has 0 saturated heterocycles. The monoisotopic (exact) mass is 238 g/mol. The Hall–Kier alpha value is 1.23. The molecule has 0 aromatic rings. The van der Waals surface area contributed by atoms with E-state index in [4.69, 9.17) is 15.1 Å². The van der Waals surface area contributed by atoms with Gasteiger partial charge in [0.05, 0.1) is 0 Å². The van der Waals surface area contributed by atoms with Crippen molar-refractivity contribution in [3.63, 3.8) is 0 Å². The minimum atomic E-state index is -2.17. The zero-order chi connectivity index (χ0) is 3.58. The van der Waals surface area contributed by atoms with Gasteiger partial charge in [-0.3, -0.25) is 0 Å². The van der Waals surface area contributed by atoms with Crippen molar-refractivity contribution in [3.05, 3.63) is 0 Å². The maximum atomic E-state index is 7.17. The summed E-state index contributed by atoms with van der Waals surface area (Å²) in [5, 5.41) is 21.5. The summed E-state index contributed by atoms with van der Waals surface area (Å²) in [7, 11) is -2.17. The summed E-state index contributed by atoms with van der Waals surface area (Å²) in [4.78, 5) is 0. The number of rotatable bonds is 0. The minimum absolute atomic E-state index is 0. The molecule has 6 heavy (non-hydrogen) atoms. The molecule has 0 aliphatic heterocycles. The topological polar surface area (TPSA) is 92.2 Å². The van der Waals surface area contributed by atoms with Crippen molar-refractivity contribution in [3.8, 4) is 0 Å². The Morgan fingerprint density at radius 3 is 1.00 bits per heavy atom. The molecule has 5 N–H and O–H groups in total. The van der Waals surface area contributed by atoms with Gasteiger partial charge in [0.15, 0.2) is 0 Å². The third-order valence-corrected chi connectivity index (χ3v) is 0. The fourth-order valence-corrected chi connectivity index (χ4v) is 0. The summed E-state index contributed by atoms with van der Waals surface area (Å²) in [6.07, 6.45) is 0. The van der Waals surface area contributed by atoms with Crippen molar-refractivity contribution in [1.82, 2.24) is 0 Å². The molecule has 0 bridgehead atoms. The van der Waals surface area contributed by atoms with Gasteiger partial charge in [-0.05, 0) is 0 Å². The fraction of sp³-hybridized carbons (Fsp3) is 0. The first kappa shape index (κ1) is 15.7. The summed E-state index contributed by atoms with van der Waals surface area (Å²) >= 11 is 0. The average molecular weight is 237 g/mol. The average Bonchev–Trinajstić information content (AvgIpc) is 0.811. The van der Waals surface area contributed by atoms with E-state index in [1.165, 1.54) is 0 Å². The van der Waals surface area contributed by atoms with E-state index in [2.05, 4.69) is 0 Å². The van der Waals surface area contributed by atoms with Gasteiger partial charge < -0.3 is 20.5 Å². The Labute approximate surface area is 67.4 Å². The summed E-state index contributed by atoms with van der Waals surface area (Å²) in [6.45, 7) is 0. The Kier molecular flexibility index (Phi) is 24.9. The maximum absolute atomic E-state index is 7.17. The summed E-state index contributed by atoms with van der Waals surface area (Å²) < 4.78 is 0. The molecule has 0 atom stereocenters. The Morgan fingerprint density at radius 2 is 1.00 bits per heavy atom. The second-order valence-electron chi connectivity index (χ2n) is 0.346. The fourth-order valence-electron chi connectivity index (χ4n) is 0. The SMILES string of the molecule is O.OB(O)O.[Gd]. The van der Waals surface area contributed by atoms with Crippen molar-refractivity contribution in [1.29, 1.82) is 0 Å². The molecular formula is H5BGdO4. The summed E-state index contributed by atoms with van der Waals surface area (Å²) in [6, 6.07) is 0. The van der Waals surface area contributed by atoms with E-state index in [9.17, 15) is 0 Å². The van der Waals surface area contributed by atoms with Crippen LogP contribution >= 0.6 is 0 Å². The van der Waals surface area contributed by atoms with Crippen molar-refractivity contribution in [2.24, 2.45) is 0 Å². The van der Waals surface area contributed by atoms with Gasteiger partial charge in [-0.2, -0.15) is 0 Å². The van der Waals surface area contributed by atoms with E-state index in [1.807, 2.05) is 0 Å². The predicted molar refractivity (Wildman–Crippen MR) is 16.0 cm³/mol. The maximum Gasteiger partial charge on any atom is 0.631 e. The summed E-state index contributed by atoms with van der Waals surface area (Å²) in [5.41, 5.74) is 0. The first-order chi connectivity index (χ1) is 1.73. The van der Waals surface area contributed by atoms with Crippen LogP contribution < -0.4 is 0 Å². The molecule has 40 valence electrons. The van der Waals surface area contributed by atoms with Crippen LogP contribution in [0.25, 0.3) is 0 Å². The quantitative estimate of drug-likeness (QED) is 0.395. The van der Waals surface area contributed by atoms with Gasteiger partial charge in [0, 0.05) is 39.9 Å². The van der Waals surface area contributed by atoms with Gasteiger partial charge in [0.1, 0.15) is 0 Å². The largest absolute Gasteiger partial charge is 0.631 e. The van der Waals surface area contributed by atoms with E-state index in [-0.39, 0.29) is 45.4 Å². The number of hydrogen-bond acceptors (Lipinski definition) is 3. The second-order valence-corrected chi connectivity index (χ2v) is 0.346. The van der Waals surface area contributed by atoms with Gasteiger partial charge in [0.25, 0.3) is 0 Å². The van der Waals surface area contributed by atoms with Crippen LogP contribution in [-0.4, -0.2) is 27.9 Å². The Morgan fingerprint density at radius 1 is 1.00 bits per heavy atom. The molecular weight excluding hydrogens is 232 g/mol. The van der Waals surface area contributed by atoms with E-state index >= 15 is 0 Å². The standard InChI is InChI=1S/BH3O3.Gd.H2O/c2-1(3)4;;/h2-4H;;1H2. The minimum Gasteiger partial charge on any atom is -0.412 e. The van der Waals surface area contributed by atoms with E-state index < -0.39 is 7.32 Å². The van der Waals surface area contributed by atoms with Crippen molar-refractivity contribution in [2.45, 2.75) is 0 Å². The van der Waals surface area contributed by atoms with Gasteiger partial charge in [-0.1, -0.05) is 0 Å². The molecule has 0 aliphatic rings. The first-order valence-corrected chi connectivity index (χ1v) is 0.775. The van der Waals surface area contributed by atoms with E-state index in [0.717, 1.165) is 0 Å². The first-order valence-electron chi connectivity index (χ1n) is 0.775. The van der Waals surface area contributed by atoms with Crippen LogP contribution in [0.1, 0.15) is 0 Å². The summed E-state index contributed by atoms with van der Waals surface area (Å²) in [5.74, 6) is 0. The zero-order valence-electron chi connectivity index (χ0n) is 2.77. The molecule has 0 fully saturated rings. The molecule has 0 aromatic heterocycles. The molecule has 6 heteroatoms. The molecule has 0 spiro atoms. The van der Waals surface area contributed by atoms with Crippen LogP contribution in [0.5, 0.6) is 0 Å². The van der Waals surface area contributed by atoms with Crippen LogP contribution in [0.2, 0.25) is 0 Å². The normalized spacial score (nSPS) is 4.50. The van der Waals surface area contributed by atoms with Crippen molar-refractivity contribution >= 4 is 7.32 Å². The molecule has 0 unspecified atom stereocenters. The Bertz CT molecular complexity index is 12.3. The molecule has 0 radical (unpaired) electrons. The Balaban J connectivity index is -0.0000000450. The molecule has 4 nitrogen and oxygen atoms in total. The molecule has 0 aromatic carbocycles. The number of hydrogen-bond donors (Lipinski definition) is 3. The second kappa shape index (κ2) is 9.52. The molecule has 0 aliphatic carbocycles. The van der Waals surface area contributed by atoms with Crippen LogP contribution in [0.3, 0.4) is 0 Å². The van der Waals surface area contributed by atoms with Gasteiger partial charge in [-0.15, -0.1) is 0 Å². The van der Waals surface area contributed by atoms with Gasteiger partial charge >= 0.3 is 7.32 Å². The zero-order valence-corrected chi connectivity index (χ0v) is 5.04. The molecule has 0 rings (SSSR count). The molecule has 0 heterocycles.